The van der Waals surface area contributed by atoms with E-state index in [1.165, 1.54) is 19.1 Å². The molecular formula is C46H61N9O11. The average molecular weight is 916 g/mol. The van der Waals surface area contributed by atoms with Gasteiger partial charge in [0.2, 0.25) is 29.5 Å². The SMILES string of the molecule is CC(=O)N(O)CCCCCNC(=O)CCC(=O)N(O)CCCCCNC(=O)CCC(=O)N(O)CCCCCNC(=O)c1ccc(-n2nc(-c3ccccc3O)nc2-c2ccc(O)cc2)cc1. The van der Waals surface area contributed by atoms with Gasteiger partial charge in [-0.3, -0.25) is 44.4 Å². The Bertz CT molecular complexity index is 2200. The zero-order valence-electron chi connectivity index (χ0n) is 37.2. The van der Waals surface area contributed by atoms with Gasteiger partial charge in [-0.15, -0.1) is 5.10 Å². The smallest absolute Gasteiger partial charge is 0.251 e. The van der Waals surface area contributed by atoms with E-state index < -0.39 is 17.7 Å². The third-order valence-corrected chi connectivity index (χ3v) is 10.4. The summed E-state index contributed by atoms with van der Waals surface area (Å²) in [7, 11) is 0. The molecule has 0 bridgehead atoms. The second kappa shape index (κ2) is 27.4. The van der Waals surface area contributed by atoms with Crippen molar-refractivity contribution in [3.63, 3.8) is 0 Å². The zero-order valence-corrected chi connectivity index (χ0v) is 37.2. The van der Waals surface area contributed by atoms with E-state index >= 15 is 0 Å². The van der Waals surface area contributed by atoms with Crippen molar-refractivity contribution in [2.24, 2.45) is 0 Å². The van der Waals surface area contributed by atoms with Crippen LogP contribution < -0.4 is 16.0 Å². The Morgan fingerprint density at radius 1 is 0.576 bits per heavy atom. The molecule has 8 N–H and O–H groups in total. The number of hydrogen-bond acceptors (Lipinski definition) is 13. The minimum absolute atomic E-state index is 0.0249. The zero-order chi connectivity index (χ0) is 47.8. The Hall–Kier alpha value is -6.90. The fourth-order valence-corrected chi connectivity index (χ4v) is 6.55. The lowest BCUT2D eigenvalue weighted by atomic mass is 10.1. The number of phenols is 2. The first-order chi connectivity index (χ1) is 31.7. The molecule has 356 valence electrons. The van der Waals surface area contributed by atoms with Gasteiger partial charge >= 0.3 is 0 Å². The highest BCUT2D eigenvalue weighted by molar-refractivity contribution is 5.94. The van der Waals surface area contributed by atoms with Crippen molar-refractivity contribution in [3.05, 3.63) is 78.4 Å². The normalized spacial score (nSPS) is 10.8. The molecule has 6 amide bonds. The Morgan fingerprint density at radius 3 is 1.59 bits per heavy atom. The highest BCUT2D eigenvalue weighted by atomic mass is 16.5. The molecule has 0 fully saturated rings. The van der Waals surface area contributed by atoms with Crippen LogP contribution in [-0.4, -0.2) is 131 Å². The van der Waals surface area contributed by atoms with Gasteiger partial charge in [0, 0.05) is 83.0 Å². The maximum absolute atomic E-state index is 12.9. The molecule has 20 nitrogen and oxygen atoms in total. The highest BCUT2D eigenvalue weighted by Crippen LogP contribution is 2.30. The van der Waals surface area contributed by atoms with E-state index in [4.69, 9.17) is 0 Å². The second-order valence-corrected chi connectivity index (χ2v) is 15.6. The average Bonchev–Trinajstić information content (AvgIpc) is 3.76. The number of nitrogens with zero attached hydrogens (tertiary/aromatic N) is 6. The molecule has 1 heterocycles. The summed E-state index contributed by atoms with van der Waals surface area (Å²) in [6.45, 7) is 2.73. The number of carbonyl (C=O) groups is 6. The number of hydroxylamine groups is 6. The topological polar surface area (TPSA) is 280 Å². The lowest BCUT2D eigenvalue weighted by Crippen LogP contribution is -2.31. The molecule has 0 saturated heterocycles. The highest BCUT2D eigenvalue weighted by Gasteiger charge is 2.19. The number of amides is 6. The third kappa shape index (κ3) is 17.6. The van der Waals surface area contributed by atoms with Gasteiger partial charge in [0.05, 0.1) is 11.3 Å². The van der Waals surface area contributed by atoms with Gasteiger partial charge in [-0.2, -0.15) is 0 Å². The van der Waals surface area contributed by atoms with Crippen LogP contribution >= 0.6 is 0 Å². The minimum atomic E-state index is -0.583. The van der Waals surface area contributed by atoms with Gasteiger partial charge in [0.1, 0.15) is 11.5 Å². The van der Waals surface area contributed by atoms with E-state index in [9.17, 15) is 54.6 Å². The van der Waals surface area contributed by atoms with Crippen molar-refractivity contribution in [2.75, 3.05) is 39.3 Å². The molecule has 1 aromatic heterocycles. The van der Waals surface area contributed by atoms with Crippen LogP contribution in [0.4, 0.5) is 0 Å². The predicted octanol–water partition coefficient (Wildman–Crippen LogP) is 4.72. The van der Waals surface area contributed by atoms with Crippen LogP contribution in [0.2, 0.25) is 0 Å². The van der Waals surface area contributed by atoms with E-state index in [1.54, 1.807) is 65.3 Å². The number of rotatable bonds is 28. The van der Waals surface area contributed by atoms with Crippen LogP contribution in [0.3, 0.4) is 0 Å². The first-order valence-corrected chi connectivity index (χ1v) is 22.2. The van der Waals surface area contributed by atoms with Crippen molar-refractivity contribution in [1.82, 2.24) is 45.9 Å². The van der Waals surface area contributed by atoms with Crippen LogP contribution in [0.5, 0.6) is 11.5 Å². The number of carbonyl (C=O) groups excluding carboxylic acids is 6. The number of benzene rings is 3. The standard InChI is InChI=1S/C46H61N9O11/c1-33(56)52(64)30-10-2-7-27-47-40(59)23-25-42(61)53(65)31-11-3-8-28-48-41(60)24-26-43(62)54(66)32-12-4-9-29-49-46(63)35-15-19-36(20-16-35)55-45(34-17-21-37(57)22-18-34)50-44(51-55)38-13-5-6-14-39(38)58/h5-6,13-22,57-58,64-66H,2-4,7-12,23-32H2,1H3,(H,47,59)(H,48,60)(H,49,63). The molecule has 0 aliphatic carbocycles. The van der Waals surface area contributed by atoms with E-state index in [0.29, 0.717) is 127 Å². The van der Waals surface area contributed by atoms with Gasteiger partial charge < -0.3 is 26.2 Å². The summed E-state index contributed by atoms with van der Waals surface area (Å²) >= 11 is 0. The molecule has 66 heavy (non-hydrogen) atoms. The molecule has 0 spiro atoms. The summed E-state index contributed by atoms with van der Waals surface area (Å²) in [6, 6.07) is 20.0. The third-order valence-electron chi connectivity index (χ3n) is 10.4. The molecule has 3 aromatic carbocycles. The summed E-state index contributed by atoms with van der Waals surface area (Å²) in [4.78, 5) is 77.2. The van der Waals surface area contributed by atoms with Crippen LogP contribution in [-0.2, 0) is 24.0 Å². The molecule has 0 radical (unpaired) electrons. The van der Waals surface area contributed by atoms with Crippen LogP contribution in [0.1, 0.15) is 101 Å². The molecule has 0 atom stereocenters. The molecule has 0 saturated carbocycles. The molecular weight excluding hydrogens is 855 g/mol. The lowest BCUT2D eigenvalue weighted by Gasteiger charge is -2.15. The van der Waals surface area contributed by atoms with Gasteiger partial charge in [-0.1, -0.05) is 12.1 Å². The first-order valence-electron chi connectivity index (χ1n) is 22.2. The molecule has 20 heteroatoms. The number of hydrogen-bond donors (Lipinski definition) is 8. The minimum Gasteiger partial charge on any atom is -0.508 e. The molecule has 4 aromatic rings. The summed E-state index contributed by atoms with van der Waals surface area (Å²) in [5, 5.41) is 64.5. The quantitative estimate of drug-likeness (QED) is 0.0218. The number of aromatic nitrogens is 3. The lowest BCUT2D eigenvalue weighted by molar-refractivity contribution is -0.166. The van der Waals surface area contributed by atoms with Crippen LogP contribution in [0.25, 0.3) is 28.5 Å². The maximum Gasteiger partial charge on any atom is 0.251 e. The van der Waals surface area contributed by atoms with E-state index in [0.717, 1.165) is 0 Å². The van der Waals surface area contributed by atoms with Crippen molar-refractivity contribution in [1.29, 1.82) is 0 Å². The largest absolute Gasteiger partial charge is 0.508 e. The summed E-state index contributed by atoms with van der Waals surface area (Å²) in [6.07, 6.45) is 4.80. The van der Waals surface area contributed by atoms with E-state index in [-0.39, 0.29) is 74.5 Å². The fourth-order valence-electron chi connectivity index (χ4n) is 6.55. The van der Waals surface area contributed by atoms with Crippen molar-refractivity contribution in [2.45, 2.75) is 90.4 Å². The molecule has 4 rings (SSSR count). The Morgan fingerprint density at radius 2 is 1.08 bits per heavy atom. The van der Waals surface area contributed by atoms with Crippen molar-refractivity contribution in [3.8, 4) is 40.0 Å². The number of unbranched alkanes of at least 4 members (excludes halogenated alkanes) is 6. The molecule has 0 aliphatic heterocycles. The Kier molecular flexibility index (Phi) is 21.5. The summed E-state index contributed by atoms with van der Waals surface area (Å²) in [5.74, 6) is -1.65. The Labute approximate surface area is 383 Å². The fraction of sp³-hybridized carbons (Fsp3) is 0.435. The van der Waals surface area contributed by atoms with Crippen molar-refractivity contribution >= 4 is 35.4 Å². The van der Waals surface area contributed by atoms with Gasteiger partial charge in [-0.05, 0) is 118 Å². The molecule has 0 aliphatic rings. The summed E-state index contributed by atoms with van der Waals surface area (Å²) < 4.78 is 1.60. The number of phenolic OH excluding ortho intramolecular Hbond substituents is 2. The first kappa shape index (κ1) is 51.7. The van der Waals surface area contributed by atoms with Gasteiger partial charge in [-0.25, -0.2) is 24.9 Å². The van der Waals surface area contributed by atoms with Gasteiger partial charge in [0.15, 0.2) is 11.6 Å². The number of para-hydroxylation sites is 1. The maximum atomic E-state index is 12.9. The number of aromatic hydroxyl groups is 2. The molecule has 0 unspecified atom stereocenters. The van der Waals surface area contributed by atoms with E-state index in [2.05, 4.69) is 26.0 Å². The predicted molar refractivity (Wildman–Crippen MR) is 240 cm³/mol. The van der Waals surface area contributed by atoms with Gasteiger partial charge in [0.25, 0.3) is 5.91 Å². The van der Waals surface area contributed by atoms with Crippen molar-refractivity contribution < 1.29 is 54.6 Å². The monoisotopic (exact) mass is 915 g/mol. The van der Waals surface area contributed by atoms with Crippen LogP contribution in [0, 0.1) is 0 Å². The van der Waals surface area contributed by atoms with Crippen LogP contribution in [0.15, 0.2) is 72.8 Å². The Balaban J connectivity index is 1.03. The van der Waals surface area contributed by atoms with E-state index in [1.807, 2.05) is 0 Å². The number of nitrogens with one attached hydrogen (secondary N) is 3. The summed E-state index contributed by atoms with van der Waals surface area (Å²) in [5.41, 5.74) is 2.16. The second-order valence-electron chi connectivity index (χ2n) is 15.6.